The molecule has 1 saturated heterocycles. The van der Waals surface area contributed by atoms with Crippen LogP contribution in [0.25, 0.3) is 11.1 Å². The van der Waals surface area contributed by atoms with Gasteiger partial charge in [-0.2, -0.15) is 0 Å². The second-order valence-electron chi connectivity index (χ2n) is 8.18. The highest BCUT2D eigenvalue weighted by atomic mass is 35.5. The number of carbonyl (C=O) groups is 2. The lowest BCUT2D eigenvalue weighted by Gasteiger charge is -2.43. The summed E-state index contributed by atoms with van der Waals surface area (Å²) >= 11 is 12.4. The maximum absolute atomic E-state index is 13.2. The summed E-state index contributed by atoms with van der Waals surface area (Å²) in [5, 5.41) is 1.07. The Labute approximate surface area is 176 Å². The van der Waals surface area contributed by atoms with Gasteiger partial charge in [0.15, 0.2) is 11.6 Å². The molecular formula is C23H24Cl2O3. The first kappa shape index (κ1) is 21.0. The third-order valence-electron chi connectivity index (χ3n) is 5.30. The summed E-state index contributed by atoms with van der Waals surface area (Å²) in [7, 11) is 0. The Kier molecular flexibility index (Phi) is 5.48. The van der Waals surface area contributed by atoms with Gasteiger partial charge in [-0.05, 0) is 69.0 Å². The number of carbonyl (C=O) groups excluding carboxylic acids is 2. The Hall–Kier alpha value is -1.68. The van der Waals surface area contributed by atoms with E-state index in [2.05, 4.69) is 0 Å². The fourth-order valence-electron chi connectivity index (χ4n) is 3.91. The molecule has 0 atom stereocenters. The van der Waals surface area contributed by atoms with Gasteiger partial charge < -0.3 is 4.74 Å². The average molecular weight is 419 g/mol. The highest BCUT2D eigenvalue weighted by Gasteiger charge is 2.53. The molecule has 0 aromatic heterocycles. The van der Waals surface area contributed by atoms with Crippen LogP contribution in [0.15, 0.2) is 36.4 Å². The first-order chi connectivity index (χ1) is 13.0. The van der Waals surface area contributed by atoms with Crippen LogP contribution in [-0.4, -0.2) is 22.8 Å². The number of halogens is 2. The van der Waals surface area contributed by atoms with Crippen molar-refractivity contribution in [3.63, 3.8) is 0 Å². The lowest BCUT2D eigenvalue weighted by molar-refractivity contribution is -0.184. The smallest absolute Gasteiger partial charge is 0.179 e. The molecule has 1 aliphatic heterocycles. The van der Waals surface area contributed by atoms with Gasteiger partial charge in [0.05, 0.1) is 0 Å². The third-order valence-corrected chi connectivity index (χ3v) is 5.85. The van der Waals surface area contributed by atoms with Crippen LogP contribution in [-0.2, 0) is 20.7 Å². The molecule has 3 rings (SSSR count). The second kappa shape index (κ2) is 7.29. The summed E-state index contributed by atoms with van der Waals surface area (Å²) in [4.78, 5) is 26.4. The first-order valence-corrected chi connectivity index (χ1v) is 10.1. The molecule has 28 heavy (non-hydrogen) atoms. The number of Topliss-reactive ketones (excluding diaryl/α,β-unsaturated/α-hetero) is 2. The SMILES string of the molecule is CCc1ccc(-c2ccc(Cl)cc2Cl)cc1C1C(=O)C(C)(C)OC(C)(C)C1=O. The van der Waals surface area contributed by atoms with Crippen LogP contribution in [0, 0.1) is 0 Å². The summed E-state index contributed by atoms with van der Waals surface area (Å²) < 4.78 is 5.82. The minimum atomic E-state index is -1.04. The maximum Gasteiger partial charge on any atom is 0.179 e. The molecule has 0 bridgehead atoms. The molecule has 0 radical (unpaired) electrons. The van der Waals surface area contributed by atoms with E-state index in [9.17, 15) is 9.59 Å². The lowest BCUT2D eigenvalue weighted by atomic mass is 9.73. The van der Waals surface area contributed by atoms with Crippen LogP contribution in [0.3, 0.4) is 0 Å². The van der Waals surface area contributed by atoms with Gasteiger partial charge in [0.25, 0.3) is 0 Å². The molecular weight excluding hydrogens is 395 g/mol. The molecule has 3 nitrogen and oxygen atoms in total. The van der Waals surface area contributed by atoms with Gasteiger partial charge >= 0.3 is 0 Å². The van der Waals surface area contributed by atoms with Crippen molar-refractivity contribution in [1.29, 1.82) is 0 Å². The molecule has 0 N–H and O–H groups in total. The second-order valence-corrected chi connectivity index (χ2v) is 9.02. The Morgan fingerprint density at radius 2 is 1.54 bits per heavy atom. The first-order valence-electron chi connectivity index (χ1n) is 9.35. The van der Waals surface area contributed by atoms with E-state index in [1.54, 1.807) is 39.8 Å². The van der Waals surface area contributed by atoms with E-state index in [4.69, 9.17) is 27.9 Å². The Morgan fingerprint density at radius 3 is 2.07 bits per heavy atom. The quantitative estimate of drug-likeness (QED) is 0.571. The number of benzene rings is 2. The van der Waals surface area contributed by atoms with Crippen molar-refractivity contribution in [2.45, 2.75) is 58.2 Å². The molecule has 2 aromatic carbocycles. The predicted octanol–water partition coefficient (Wildman–Crippen LogP) is 6.03. The summed E-state index contributed by atoms with van der Waals surface area (Å²) in [6.07, 6.45) is 0.711. The summed E-state index contributed by atoms with van der Waals surface area (Å²) in [6, 6.07) is 11.1. The summed E-state index contributed by atoms with van der Waals surface area (Å²) in [5.74, 6) is -1.29. The molecule has 2 aromatic rings. The Morgan fingerprint density at radius 1 is 0.929 bits per heavy atom. The van der Waals surface area contributed by atoms with E-state index in [0.717, 1.165) is 22.3 Å². The van der Waals surface area contributed by atoms with Crippen molar-refractivity contribution in [2.24, 2.45) is 0 Å². The van der Waals surface area contributed by atoms with Gasteiger partial charge in [0.2, 0.25) is 0 Å². The Bertz CT molecular complexity index is 934. The Balaban J connectivity index is 2.19. The highest BCUT2D eigenvalue weighted by Crippen LogP contribution is 2.41. The van der Waals surface area contributed by atoms with E-state index < -0.39 is 17.1 Å². The largest absolute Gasteiger partial charge is 0.354 e. The summed E-state index contributed by atoms with van der Waals surface area (Å²) in [6.45, 7) is 8.91. The molecule has 0 aliphatic carbocycles. The van der Waals surface area contributed by atoms with Crippen LogP contribution in [0.2, 0.25) is 10.0 Å². The van der Waals surface area contributed by atoms with Crippen molar-refractivity contribution in [1.82, 2.24) is 0 Å². The van der Waals surface area contributed by atoms with E-state index >= 15 is 0 Å². The van der Waals surface area contributed by atoms with E-state index in [1.165, 1.54) is 0 Å². The fraction of sp³-hybridized carbons (Fsp3) is 0.391. The summed E-state index contributed by atoms with van der Waals surface area (Å²) in [5.41, 5.74) is 1.26. The normalized spacial score (nSPS) is 19.1. The number of hydrogen-bond acceptors (Lipinski definition) is 3. The minimum absolute atomic E-state index is 0.217. The van der Waals surface area contributed by atoms with Gasteiger partial charge in [-0.25, -0.2) is 0 Å². The zero-order valence-electron chi connectivity index (χ0n) is 16.7. The number of aryl methyl sites for hydroxylation is 1. The zero-order valence-corrected chi connectivity index (χ0v) is 18.2. The van der Waals surface area contributed by atoms with Crippen LogP contribution in [0.5, 0.6) is 0 Å². The maximum atomic E-state index is 13.2. The molecule has 0 spiro atoms. The van der Waals surface area contributed by atoms with Crippen LogP contribution >= 0.6 is 23.2 Å². The van der Waals surface area contributed by atoms with Gasteiger partial charge in [0.1, 0.15) is 17.1 Å². The van der Waals surface area contributed by atoms with E-state index in [0.29, 0.717) is 16.5 Å². The molecule has 148 valence electrons. The molecule has 1 heterocycles. The monoisotopic (exact) mass is 418 g/mol. The van der Waals surface area contributed by atoms with Crippen molar-refractivity contribution >= 4 is 34.8 Å². The van der Waals surface area contributed by atoms with Gasteiger partial charge in [-0.3, -0.25) is 9.59 Å². The van der Waals surface area contributed by atoms with Gasteiger partial charge in [-0.15, -0.1) is 0 Å². The number of rotatable bonds is 3. The molecule has 1 aliphatic rings. The molecule has 0 saturated carbocycles. The van der Waals surface area contributed by atoms with Crippen molar-refractivity contribution in [3.8, 4) is 11.1 Å². The molecule has 0 unspecified atom stereocenters. The number of hydrogen-bond donors (Lipinski definition) is 0. The standard InChI is InChI=1S/C23H24Cl2O3/c1-6-13-7-8-14(16-10-9-15(24)12-18(16)25)11-17(13)19-20(26)22(2,3)28-23(4,5)21(19)27/h7-12,19H,6H2,1-5H3. The molecule has 1 fully saturated rings. The molecule has 0 amide bonds. The van der Waals surface area contributed by atoms with Crippen molar-refractivity contribution in [2.75, 3.05) is 0 Å². The van der Waals surface area contributed by atoms with E-state index in [1.807, 2.05) is 31.2 Å². The van der Waals surface area contributed by atoms with E-state index in [-0.39, 0.29) is 11.6 Å². The molecule has 5 heteroatoms. The van der Waals surface area contributed by atoms with Gasteiger partial charge in [-0.1, -0.05) is 48.3 Å². The van der Waals surface area contributed by atoms with Crippen molar-refractivity contribution in [3.05, 3.63) is 57.6 Å². The highest BCUT2D eigenvalue weighted by molar-refractivity contribution is 6.36. The average Bonchev–Trinajstić information content (AvgIpc) is 2.60. The fourth-order valence-corrected chi connectivity index (χ4v) is 4.43. The number of ketones is 2. The van der Waals surface area contributed by atoms with Crippen LogP contribution in [0.4, 0.5) is 0 Å². The number of ether oxygens (including phenoxy) is 1. The topological polar surface area (TPSA) is 43.4 Å². The van der Waals surface area contributed by atoms with Gasteiger partial charge in [0, 0.05) is 15.6 Å². The third kappa shape index (κ3) is 3.63. The predicted molar refractivity (Wildman–Crippen MR) is 113 cm³/mol. The van der Waals surface area contributed by atoms with Crippen molar-refractivity contribution < 1.29 is 14.3 Å². The zero-order chi connectivity index (χ0) is 20.9. The van der Waals surface area contributed by atoms with Crippen LogP contribution < -0.4 is 0 Å². The minimum Gasteiger partial charge on any atom is -0.354 e. The lowest BCUT2D eigenvalue weighted by Crippen LogP contribution is -2.58. The van der Waals surface area contributed by atoms with Crippen LogP contribution in [0.1, 0.15) is 51.7 Å².